The summed E-state index contributed by atoms with van der Waals surface area (Å²) in [6.45, 7) is 5.24. The fourth-order valence-corrected chi connectivity index (χ4v) is 4.69. The highest BCUT2D eigenvalue weighted by Crippen LogP contribution is 2.25. The van der Waals surface area contributed by atoms with Crippen molar-refractivity contribution in [1.29, 1.82) is 0 Å². The van der Waals surface area contributed by atoms with Gasteiger partial charge < -0.3 is 4.90 Å². The summed E-state index contributed by atoms with van der Waals surface area (Å²) in [5.74, 6) is 0.0176. The number of amides is 1. The summed E-state index contributed by atoms with van der Waals surface area (Å²) < 4.78 is 0. The maximum Gasteiger partial charge on any atom is 0.282 e. The van der Waals surface area contributed by atoms with Crippen molar-refractivity contribution in [2.75, 3.05) is 27.2 Å². The van der Waals surface area contributed by atoms with Gasteiger partial charge in [-0.3, -0.25) is 9.69 Å². The van der Waals surface area contributed by atoms with Crippen molar-refractivity contribution in [3.8, 4) is 0 Å². The summed E-state index contributed by atoms with van der Waals surface area (Å²) in [4.78, 5) is 24.8. The van der Waals surface area contributed by atoms with Crippen LogP contribution in [-0.4, -0.2) is 47.9 Å². The second kappa shape index (κ2) is 6.48. The Balaban J connectivity index is 1.66. The third-order valence-corrected chi connectivity index (χ3v) is 5.99. The molecule has 0 bridgehead atoms. The first kappa shape index (κ1) is 15.6. The Morgan fingerprint density at radius 3 is 2.73 bits per heavy atom. The van der Waals surface area contributed by atoms with Crippen LogP contribution in [0.3, 0.4) is 0 Å². The van der Waals surface area contributed by atoms with Gasteiger partial charge in [0.25, 0.3) is 5.91 Å². The van der Waals surface area contributed by atoms with Crippen molar-refractivity contribution in [3.63, 3.8) is 0 Å². The fourth-order valence-electron chi connectivity index (χ4n) is 2.64. The summed E-state index contributed by atoms with van der Waals surface area (Å²) in [5, 5.41) is 0.636. The molecule has 0 atom stereocenters. The Kier molecular flexibility index (Phi) is 4.61. The Labute approximate surface area is 139 Å². The number of thiophene rings is 1. The number of nitrogens with zero attached hydrogens (tertiary/aromatic N) is 3. The summed E-state index contributed by atoms with van der Waals surface area (Å²) in [7, 11) is 3.55. The van der Waals surface area contributed by atoms with Gasteiger partial charge in [0.15, 0.2) is 5.01 Å². The van der Waals surface area contributed by atoms with Crippen molar-refractivity contribution >= 4 is 28.6 Å². The summed E-state index contributed by atoms with van der Waals surface area (Å²) in [6.07, 6.45) is 1.94. The van der Waals surface area contributed by atoms with Crippen LogP contribution in [0.2, 0.25) is 0 Å². The molecule has 0 aromatic carbocycles. The molecule has 3 heterocycles. The molecule has 3 rings (SSSR count). The fraction of sp³-hybridized carbons (Fsp3) is 0.500. The van der Waals surface area contributed by atoms with Crippen LogP contribution < -0.4 is 0 Å². The molecule has 118 valence electrons. The Bertz CT molecular complexity index is 649. The van der Waals surface area contributed by atoms with Gasteiger partial charge >= 0.3 is 0 Å². The smallest absolute Gasteiger partial charge is 0.282 e. The average molecular weight is 335 g/mol. The molecule has 0 unspecified atom stereocenters. The minimum atomic E-state index is 0.0176. The average Bonchev–Trinajstić information content (AvgIpc) is 3.02. The molecule has 0 fully saturated rings. The second-order valence-electron chi connectivity index (χ2n) is 5.88. The molecule has 22 heavy (non-hydrogen) atoms. The number of rotatable bonds is 3. The highest BCUT2D eigenvalue weighted by atomic mass is 32.1. The molecule has 2 aromatic rings. The summed E-state index contributed by atoms with van der Waals surface area (Å²) in [6, 6.07) is 4.42. The Morgan fingerprint density at radius 2 is 2.05 bits per heavy atom. The normalized spacial score (nSPS) is 15.4. The van der Waals surface area contributed by atoms with Crippen molar-refractivity contribution in [2.24, 2.45) is 0 Å². The third kappa shape index (κ3) is 3.39. The van der Waals surface area contributed by atoms with Crippen LogP contribution in [0.15, 0.2) is 12.1 Å². The molecule has 0 saturated heterocycles. The van der Waals surface area contributed by atoms with Gasteiger partial charge in [0.05, 0.1) is 5.69 Å². The van der Waals surface area contributed by atoms with E-state index in [4.69, 9.17) is 0 Å². The minimum absolute atomic E-state index is 0.0176. The number of carbonyl (C=O) groups excluding carboxylic acids is 1. The van der Waals surface area contributed by atoms with Gasteiger partial charge in [0.2, 0.25) is 0 Å². The highest BCUT2D eigenvalue weighted by Gasteiger charge is 2.21. The predicted molar refractivity (Wildman–Crippen MR) is 91.9 cm³/mol. The minimum Gasteiger partial charge on any atom is -0.343 e. The van der Waals surface area contributed by atoms with Crippen molar-refractivity contribution in [1.82, 2.24) is 14.8 Å². The zero-order chi connectivity index (χ0) is 15.7. The van der Waals surface area contributed by atoms with Crippen LogP contribution in [0.5, 0.6) is 0 Å². The topological polar surface area (TPSA) is 36.4 Å². The van der Waals surface area contributed by atoms with Gasteiger partial charge in [-0.25, -0.2) is 4.98 Å². The molecule has 4 nitrogen and oxygen atoms in total. The molecule has 1 aliphatic heterocycles. The van der Waals surface area contributed by atoms with E-state index < -0.39 is 0 Å². The van der Waals surface area contributed by atoms with E-state index in [0.717, 1.165) is 38.2 Å². The highest BCUT2D eigenvalue weighted by molar-refractivity contribution is 7.13. The number of carbonyl (C=O) groups is 1. The molecule has 0 aliphatic carbocycles. The Hall–Kier alpha value is -1.24. The second-order valence-corrected chi connectivity index (χ2v) is 8.33. The number of thiazole rings is 1. The lowest BCUT2D eigenvalue weighted by atomic mass is 10.2. The van der Waals surface area contributed by atoms with Gasteiger partial charge in [-0.05, 0) is 25.5 Å². The van der Waals surface area contributed by atoms with E-state index >= 15 is 0 Å². The first-order chi connectivity index (χ1) is 10.5. The maximum atomic E-state index is 12.0. The van der Waals surface area contributed by atoms with E-state index in [9.17, 15) is 4.79 Å². The lowest BCUT2D eigenvalue weighted by Crippen LogP contribution is -2.25. The number of aromatic nitrogens is 1. The molecule has 0 N–H and O–H groups in total. The van der Waals surface area contributed by atoms with E-state index in [1.807, 2.05) is 11.3 Å². The molecule has 0 saturated carbocycles. The van der Waals surface area contributed by atoms with Gasteiger partial charge in [0.1, 0.15) is 0 Å². The molecular weight excluding hydrogens is 314 g/mol. The monoisotopic (exact) mass is 335 g/mol. The molecule has 6 heteroatoms. The number of hydrogen-bond acceptors (Lipinski definition) is 5. The van der Waals surface area contributed by atoms with Crippen LogP contribution in [0, 0.1) is 6.92 Å². The van der Waals surface area contributed by atoms with Crippen LogP contribution in [-0.2, 0) is 19.4 Å². The quantitative estimate of drug-likeness (QED) is 0.865. The SMILES string of the molecule is Cc1ccc(CN2CCc3nc(C(=O)N(C)C)sc3CC2)s1. The van der Waals surface area contributed by atoms with Crippen LogP contribution in [0.1, 0.15) is 30.1 Å². The molecule has 1 amide bonds. The van der Waals surface area contributed by atoms with Crippen LogP contribution >= 0.6 is 22.7 Å². The molecular formula is C16H21N3OS2. The van der Waals surface area contributed by atoms with Gasteiger partial charge in [-0.15, -0.1) is 22.7 Å². The molecule has 2 aromatic heterocycles. The van der Waals surface area contributed by atoms with Crippen molar-refractivity contribution in [2.45, 2.75) is 26.3 Å². The van der Waals surface area contributed by atoms with Crippen LogP contribution in [0.4, 0.5) is 0 Å². The van der Waals surface area contributed by atoms with Crippen molar-refractivity contribution < 1.29 is 4.79 Å². The number of hydrogen-bond donors (Lipinski definition) is 0. The largest absolute Gasteiger partial charge is 0.343 e. The van der Waals surface area contributed by atoms with Gasteiger partial charge in [0, 0.05) is 54.8 Å². The first-order valence-electron chi connectivity index (χ1n) is 7.51. The van der Waals surface area contributed by atoms with E-state index in [-0.39, 0.29) is 5.91 Å². The van der Waals surface area contributed by atoms with E-state index in [0.29, 0.717) is 5.01 Å². The van der Waals surface area contributed by atoms with Crippen LogP contribution in [0.25, 0.3) is 0 Å². The molecule has 0 radical (unpaired) electrons. The number of aryl methyl sites for hydroxylation is 1. The number of fused-ring (bicyclic) bond motifs is 1. The molecule has 0 spiro atoms. The third-order valence-electron chi connectivity index (χ3n) is 3.86. The lowest BCUT2D eigenvalue weighted by molar-refractivity contribution is 0.0827. The predicted octanol–water partition coefficient (Wildman–Crippen LogP) is 2.82. The van der Waals surface area contributed by atoms with E-state index in [2.05, 4.69) is 28.9 Å². The first-order valence-corrected chi connectivity index (χ1v) is 9.14. The van der Waals surface area contributed by atoms with Crippen molar-refractivity contribution in [3.05, 3.63) is 37.5 Å². The zero-order valence-corrected chi connectivity index (χ0v) is 14.9. The summed E-state index contributed by atoms with van der Waals surface area (Å²) in [5.41, 5.74) is 1.13. The maximum absolute atomic E-state index is 12.0. The zero-order valence-electron chi connectivity index (χ0n) is 13.3. The lowest BCUT2D eigenvalue weighted by Gasteiger charge is -2.18. The summed E-state index contributed by atoms with van der Waals surface area (Å²) >= 11 is 3.45. The standard InChI is InChI=1S/C16H21N3OS2/c1-11-4-5-12(21-11)10-19-8-6-13-14(7-9-19)22-15(17-13)16(20)18(2)3/h4-5H,6-10H2,1-3H3. The van der Waals surface area contributed by atoms with Gasteiger partial charge in [-0.2, -0.15) is 0 Å². The van der Waals surface area contributed by atoms with Gasteiger partial charge in [-0.1, -0.05) is 0 Å². The molecule has 1 aliphatic rings. The van der Waals surface area contributed by atoms with E-state index in [1.165, 1.54) is 14.6 Å². The van der Waals surface area contributed by atoms with E-state index in [1.54, 1.807) is 30.3 Å². The Morgan fingerprint density at radius 1 is 1.27 bits per heavy atom.